The third-order valence-corrected chi connectivity index (χ3v) is 10.2. The smallest absolute Gasteiger partial charge is 0.352 e. The lowest BCUT2D eigenvalue weighted by atomic mass is 9.95. The van der Waals surface area contributed by atoms with E-state index in [2.05, 4.69) is 32.5 Å². The number of hydrogen-bond acceptors (Lipinski definition) is 6. The standard InChI is InChI=1S/C32H27BrF5N5O2S/c1-4-26(44)43-16(2)12-41(13-17(43)3)30-20-9-21(32(36,37)38)27(19-10-22(33)24(35)11-23(19)34)29-28(20)42(31(45)40-30)14-18(15-46-29)25-7-5-6-8-39-25/h4-11,16-18H,1,12-15H2,2-3H3/t16-,17+,18-/m1/s1. The molecule has 2 aromatic carbocycles. The Morgan fingerprint density at radius 1 is 1.09 bits per heavy atom. The van der Waals surface area contributed by atoms with Crippen LogP contribution >= 0.6 is 27.7 Å². The van der Waals surface area contributed by atoms with Gasteiger partial charge in [-0.2, -0.15) is 18.2 Å². The molecule has 1 amide bonds. The molecule has 14 heteroatoms. The average Bonchev–Trinajstić information content (AvgIpc) is 3.21. The van der Waals surface area contributed by atoms with Gasteiger partial charge >= 0.3 is 11.9 Å². The highest BCUT2D eigenvalue weighted by molar-refractivity contribution is 9.10. The molecule has 2 aliphatic rings. The Morgan fingerprint density at radius 3 is 2.43 bits per heavy atom. The second kappa shape index (κ2) is 12.1. The third kappa shape index (κ3) is 5.59. The van der Waals surface area contributed by atoms with Crippen LogP contribution in [0.4, 0.5) is 27.8 Å². The van der Waals surface area contributed by atoms with Gasteiger partial charge in [0, 0.05) is 82.8 Å². The normalized spacial score (nSPS) is 20.1. The zero-order valence-electron chi connectivity index (χ0n) is 24.6. The fourth-order valence-electron chi connectivity index (χ4n) is 6.44. The molecule has 0 spiro atoms. The molecule has 46 heavy (non-hydrogen) atoms. The lowest BCUT2D eigenvalue weighted by Crippen LogP contribution is -2.58. The van der Waals surface area contributed by atoms with Gasteiger partial charge in [0.25, 0.3) is 0 Å². The Labute approximate surface area is 273 Å². The highest BCUT2D eigenvalue weighted by Crippen LogP contribution is 2.50. The molecule has 2 aliphatic heterocycles. The van der Waals surface area contributed by atoms with Crippen molar-refractivity contribution in [2.75, 3.05) is 23.7 Å². The first-order valence-corrected chi connectivity index (χ1v) is 16.1. The summed E-state index contributed by atoms with van der Waals surface area (Å²) >= 11 is 4.06. The van der Waals surface area contributed by atoms with E-state index >= 15 is 17.6 Å². The Morgan fingerprint density at radius 2 is 1.80 bits per heavy atom. The molecule has 0 bridgehead atoms. The summed E-state index contributed by atoms with van der Waals surface area (Å²) in [7, 11) is 0. The maximum absolute atomic E-state index is 15.5. The Balaban J connectivity index is 1.66. The van der Waals surface area contributed by atoms with E-state index in [1.54, 1.807) is 48.0 Å². The van der Waals surface area contributed by atoms with Gasteiger partial charge in [-0.05, 0) is 60.1 Å². The molecule has 0 aliphatic carbocycles. The molecule has 3 atom stereocenters. The zero-order valence-corrected chi connectivity index (χ0v) is 27.0. The van der Waals surface area contributed by atoms with Gasteiger partial charge in [0.05, 0.1) is 15.6 Å². The summed E-state index contributed by atoms with van der Waals surface area (Å²) in [6, 6.07) is 6.96. The number of carbonyl (C=O) groups excluding carboxylic acids is 1. The number of hydrogen-bond donors (Lipinski definition) is 0. The topological polar surface area (TPSA) is 71.3 Å². The van der Waals surface area contributed by atoms with E-state index in [0.717, 1.165) is 23.9 Å². The van der Waals surface area contributed by atoms with Crippen molar-refractivity contribution in [2.45, 2.75) is 49.5 Å². The molecule has 0 saturated carbocycles. The van der Waals surface area contributed by atoms with Crippen LogP contribution in [0.2, 0.25) is 0 Å². The zero-order chi connectivity index (χ0) is 33.1. The summed E-state index contributed by atoms with van der Waals surface area (Å²) in [6.07, 6.45) is -2.16. The molecule has 7 nitrogen and oxygen atoms in total. The van der Waals surface area contributed by atoms with Gasteiger partial charge in [-0.1, -0.05) is 12.6 Å². The molecule has 1 fully saturated rings. The maximum Gasteiger partial charge on any atom is 0.417 e. The molecular formula is C32H27BrF5N5O2S. The Hall–Kier alpha value is -3.78. The summed E-state index contributed by atoms with van der Waals surface area (Å²) in [5, 5.41) is 0.0596. The van der Waals surface area contributed by atoms with Crippen LogP contribution in [0.25, 0.3) is 22.0 Å². The van der Waals surface area contributed by atoms with Crippen molar-refractivity contribution in [1.82, 2.24) is 19.4 Å². The van der Waals surface area contributed by atoms with Crippen LogP contribution in [-0.4, -0.2) is 56.3 Å². The Kier molecular flexibility index (Phi) is 8.47. The monoisotopic (exact) mass is 719 g/mol. The number of amides is 1. The molecule has 0 N–H and O–H groups in total. The SMILES string of the molecule is C=CC(=O)N1[C@H](C)CN(c2nc(=O)n3c4c(c(-c5cc(Br)c(F)cc5F)c(C(F)(F)F)cc24)SC[C@H](c2ccccn2)C3)C[C@@H]1C. The van der Waals surface area contributed by atoms with Crippen LogP contribution < -0.4 is 10.6 Å². The minimum absolute atomic E-state index is 0.0305. The lowest BCUT2D eigenvalue weighted by Gasteiger charge is -2.44. The van der Waals surface area contributed by atoms with Crippen LogP contribution in [0.5, 0.6) is 0 Å². The van der Waals surface area contributed by atoms with Crippen LogP contribution in [-0.2, 0) is 17.5 Å². The average molecular weight is 721 g/mol. The number of halogens is 6. The van der Waals surface area contributed by atoms with Crippen molar-refractivity contribution in [3.8, 4) is 11.1 Å². The van der Waals surface area contributed by atoms with E-state index in [-0.39, 0.29) is 69.5 Å². The van der Waals surface area contributed by atoms with Gasteiger partial charge in [0.1, 0.15) is 17.5 Å². The van der Waals surface area contributed by atoms with Gasteiger partial charge in [0.2, 0.25) is 5.91 Å². The first kappa shape index (κ1) is 32.2. The van der Waals surface area contributed by atoms with Crippen molar-refractivity contribution >= 4 is 50.3 Å². The van der Waals surface area contributed by atoms with Crippen molar-refractivity contribution in [1.29, 1.82) is 0 Å². The fraction of sp³-hybridized carbons (Fsp3) is 0.312. The van der Waals surface area contributed by atoms with E-state index < -0.39 is 46.1 Å². The van der Waals surface area contributed by atoms with Gasteiger partial charge in [-0.15, -0.1) is 11.8 Å². The number of nitrogens with zero attached hydrogens (tertiary/aromatic N) is 5. The lowest BCUT2D eigenvalue weighted by molar-refractivity contribution is -0.137. The quantitative estimate of drug-likeness (QED) is 0.128. The van der Waals surface area contributed by atoms with Crippen LogP contribution in [0.3, 0.4) is 0 Å². The van der Waals surface area contributed by atoms with Crippen molar-refractivity contribution in [2.24, 2.45) is 0 Å². The second-order valence-electron chi connectivity index (χ2n) is 11.4. The van der Waals surface area contributed by atoms with E-state index in [4.69, 9.17) is 0 Å². The third-order valence-electron chi connectivity index (χ3n) is 8.37. The van der Waals surface area contributed by atoms with Gasteiger partial charge in [0.15, 0.2) is 0 Å². The first-order chi connectivity index (χ1) is 21.8. The van der Waals surface area contributed by atoms with Gasteiger partial charge in [-0.3, -0.25) is 14.3 Å². The fourth-order valence-corrected chi connectivity index (χ4v) is 8.15. The molecule has 4 heterocycles. The molecule has 2 aromatic heterocycles. The molecule has 1 saturated heterocycles. The number of thioether (sulfide) groups is 1. The number of anilines is 1. The molecule has 4 aromatic rings. The van der Waals surface area contributed by atoms with E-state index in [9.17, 15) is 14.0 Å². The maximum atomic E-state index is 15.5. The van der Waals surface area contributed by atoms with E-state index in [1.807, 2.05) is 0 Å². The molecular weight excluding hydrogens is 693 g/mol. The largest absolute Gasteiger partial charge is 0.417 e. The molecule has 0 radical (unpaired) electrons. The minimum atomic E-state index is -4.96. The molecule has 6 rings (SSSR count). The van der Waals surface area contributed by atoms with Crippen molar-refractivity contribution in [3.63, 3.8) is 0 Å². The number of pyridine rings is 1. The highest BCUT2D eigenvalue weighted by atomic mass is 79.9. The summed E-state index contributed by atoms with van der Waals surface area (Å²) in [5.74, 6) is -2.57. The number of piperazine rings is 1. The number of carbonyl (C=O) groups is 1. The molecule has 240 valence electrons. The van der Waals surface area contributed by atoms with E-state index in [1.165, 1.54) is 10.6 Å². The predicted molar refractivity (Wildman–Crippen MR) is 170 cm³/mol. The molecule has 0 unspecified atom stereocenters. The van der Waals surface area contributed by atoms with Gasteiger partial charge in [-0.25, -0.2) is 13.6 Å². The highest BCUT2D eigenvalue weighted by Gasteiger charge is 2.40. The summed E-state index contributed by atoms with van der Waals surface area (Å²) < 4.78 is 75.9. The summed E-state index contributed by atoms with van der Waals surface area (Å²) in [5.41, 5.74) is -1.98. The summed E-state index contributed by atoms with van der Waals surface area (Å²) in [4.78, 5) is 38.6. The number of alkyl halides is 3. The van der Waals surface area contributed by atoms with Crippen molar-refractivity contribution < 1.29 is 26.7 Å². The second-order valence-corrected chi connectivity index (χ2v) is 13.3. The number of rotatable bonds is 4. The number of aromatic nitrogens is 3. The van der Waals surface area contributed by atoms with Crippen LogP contribution in [0, 0.1) is 11.6 Å². The minimum Gasteiger partial charge on any atom is -0.352 e. The summed E-state index contributed by atoms with van der Waals surface area (Å²) in [6.45, 7) is 7.61. The van der Waals surface area contributed by atoms with E-state index in [0.29, 0.717) is 11.8 Å². The van der Waals surface area contributed by atoms with Crippen molar-refractivity contribution in [3.05, 3.63) is 93.1 Å². The van der Waals surface area contributed by atoms with Crippen LogP contribution in [0.15, 0.2) is 69.4 Å². The Bertz CT molecular complexity index is 1930. The first-order valence-electron chi connectivity index (χ1n) is 14.4. The van der Waals surface area contributed by atoms with Crippen LogP contribution in [0.1, 0.15) is 31.0 Å². The predicted octanol–water partition coefficient (Wildman–Crippen LogP) is 7.02. The number of benzene rings is 2. The van der Waals surface area contributed by atoms with Gasteiger partial charge < -0.3 is 9.80 Å².